The van der Waals surface area contributed by atoms with Crippen molar-refractivity contribution in [3.05, 3.63) is 0 Å². The first kappa shape index (κ1) is 20.8. The zero-order valence-corrected chi connectivity index (χ0v) is 14.4. The molecule has 1 heterocycles. The van der Waals surface area contributed by atoms with Gasteiger partial charge in [0.05, 0.1) is 0 Å². The molecular formula is C16H37N5O2. The van der Waals surface area contributed by atoms with Gasteiger partial charge in [0, 0.05) is 77.7 Å². The van der Waals surface area contributed by atoms with Gasteiger partial charge in [-0.1, -0.05) is 0 Å². The molecule has 0 saturated carbocycles. The zero-order chi connectivity index (χ0) is 16.6. The second-order valence-corrected chi connectivity index (χ2v) is 6.10. The van der Waals surface area contributed by atoms with Crippen LogP contribution in [0, 0.1) is 0 Å². The van der Waals surface area contributed by atoms with Gasteiger partial charge in [0.25, 0.3) is 0 Å². The first-order valence-corrected chi connectivity index (χ1v) is 9.19. The van der Waals surface area contributed by atoms with Crippen LogP contribution in [0.3, 0.4) is 0 Å². The molecule has 0 aromatic heterocycles. The normalized spacial score (nSPS) is 26.3. The van der Waals surface area contributed by atoms with E-state index in [1.165, 1.54) is 0 Å². The summed E-state index contributed by atoms with van der Waals surface area (Å²) in [5.74, 6) is 0. The fourth-order valence-electron chi connectivity index (χ4n) is 2.93. The van der Waals surface area contributed by atoms with E-state index in [4.69, 9.17) is 10.2 Å². The highest BCUT2D eigenvalue weighted by Crippen LogP contribution is 2.08. The summed E-state index contributed by atoms with van der Waals surface area (Å²) in [6.07, 6.45) is 3.53. The summed E-state index contributed by atoms with van der Waals surface area (Å²) in [7, 11) is 0. The van der Waals surface area contributed by atoms with Crippen molar-refractivity contribution in [1.82, 2.24) is 26.6 Å². The molecule has 0 spiro atoms. The third kappa shape index (κ3) is 11.0. The molecule has 7 N–H and O–H groups in total. The second-order valence-electron chi connectivity index (χ2n) is 6.10. The monoisotopic (exact) mass is 331 g/mol. The third-order valence-electron chi connectivity index (χ3n) is 4.21. The van der Waals surface area contributed by atoms with E-state index in [2.05, 4.69) is 26.6 Å². The van der Waals surface area contributed by atoms with E-state index in [-0.39, 0.29) is 13.2 Å². The number of rotatable bonds is 6. The number of hydrogen-bond donors (Lipinski definition) is 7. The van der Waals surface area contributed by atoms with Gasteiger partial charge in [-0.25, -0.2) is 0 Å². The highest BCUT2D eigenvalue weighted by atomic mass is 16.3. The van der Waals surface area contributed by atoms with Crippen LogP contribution in [0.15, 0.2) is 0 Å². The Kier molecular flexibility index (Phi) is 13.8. The molecular weight excluding hydrogens is 294 g/mol. The number of aliphatic hydroxyl groups is 2. The first-order valence-electron chi connectivity index (χ1n) is 9.19. The van der Waals surface area contributed by atoms with E-state index < -0.39 is 0 Å². The summed E-state index contributed by atoms with van der Waals surface area (Å²) in [6, 6.07) is 0.664. The molecule has 1 aliphatic heterocycles. The molecule has 0 radical (unpaired) electrons. The van der Waals surface area contributed by atoms with Crippen LogP contribution in [0.1, 0.15) is 25.7 Å². The molecule has 0 unspecified atom stereocenters. The van der Waals surface area contributed by atoms with Crippen LogP contribution < -0.4 is 26.6 Å². The molecule has 1 rings (SSSR count). The Hall–Kier alpha value is -0.280. The third-order valence-corrected chi connectivity index (χ3v) is 4.21. The van der Waals surface area contributed by atoms with Gasteiger partial charge < -0.3 is 36.8 Å². The molecule has 23 heavy (non-hydrogen) atoms. The molecule has 7 nitrogen and oxygen atoms in total. The SMILES string of the molecule is OCCC[C@@H]1NCCNCCNCCNCCN[C@@H]1CCCO. The summed E-state index contributed by atoms with van der Waals surface area (Å²) in [6.45, 7) is 8.15. The standard InChI is InChI=1S/C16H37N5O2/c22-13-1-3-15-16(4-2-14-23)21-12-10-19-8-6-17-5-7-18-9-11-20-15/h15-23H,1-14H2/t15-,16+. The predicted octanol–water partition coefficient (Wildman–Crippen LogP) is -1.77. The van der Waals surface area contributed by atoms with Crippen LogP contribution in [0.4, 0.5) is 0 Å². The lowest BCUT2D eigenvalue weighted by atomic mass is 9.98. The largest absolute Gasteiger partial charge is 0.396 e. The van der Waals surface area contributed by atoms with E-state index in [1.807, 2.05) is 0 Å². The Morgan fingerprint density at radius 3 is 1.26 bits per heavy atom. The molecule has 1 fully saturated rings. The van der Waals surface area contributed by atoms with Crippen LogP contribution in [0.5, 0.6) is 0 Å². The maximum Gasteiger partial charge on any atom is 0.0431 e. The van der Waals surface area contributed by atoms with Crippen molar-refractivity contribution in [2.75, 3.05) is 65.6 Å². The topological polar surface area (TPSA) is 101 Å². The van der Waals surface area contributed by atoms with Crippen LogP contribution in [0.25, 0.3) is 0 Å². The van der Waals surface area contributed by atoms with Gasteiger partial charge in [-0.2, -0.15) is 0 Å². The van der Waals surface area contributed by atoms with E-state index in [0.29, 0.717) is 12.1 Å². The molecule has 0 aliphatic carbocycles. The molecule has 0 aromatic carbocycles. The van der Waals surface area contributed by atoms with Gasteiger partial charge in [-0.3, -0.25) is 0 Å². The molecule has 1 aliphatic rings. The average Bonchev–Trinajstić information content (AvgIpc) is 2.58. The van der Waals surface area contributed by atoms with Crippen molar-refractivity contribution in [2.24, 2.45) is 0 Å². The smallest absolute Gasteiger partial charge is 0.0431 e. The minimum absolute atomic E-state index is 0.233. The maximum absolute atomic E-state index is 9.15. The van der Waals surface area contributed by atoms with Gasteiger partial charge in [-0.05, 0) is 25.7 Å². The number of aliphatic hydroxyl groups excluding tert-OH is 2. The lowest BCUT2D eigenvalue weighted by Crippen LogP contribution is -2.51. The Balaban J connectivity index is 2.51. The lowest BCUT2D eigenvalue weighted by Gasteiger charge is -2.29. The molecule has 138 valence electrons. The van der Waals surface area contributed by atoms with Crippen molar-refractivity contribution in [1.29, 1.82) is 0 Å². The maximum atomic E-state index is 9.15. The van der Waals surface area contributed by atoms with Gasteiger partial charge >= 0.3 is 0 Å². The minimum atomic E-state index is 0.233. The van der Waals surface area contributed by atoms with Crippen molar-refractivity contribution < 1.29 is 10.2 Å². The van der Waals surface area contributed by atoms with Crippen molar-refractivity contribution in [3.63, 3.8) is 0 Å². The van der Waals surface area contributed by atoms with Crippen LogP contribution >= 0.6 is 0 Å². The Morgan fingerprint density at radius 2 is 0.913 bits per heavy atom. The summed E-state index contributed by atoms with van der Waals surface area (Å²) in [4.78, 5) is 0. The molecule has 0 aromatic rings. The second kappa shape index (κ2) is 15.3. The van der Waals surface area contributed by atoms with Crippen molar-refractivity contribution in [3.8, 4) is 0 Å². The van der Waals surface area contributed by atoms with E-state index in [0.717, 1.165) is 78.0 Å². The van der Waals surface area contributed by atoms with Crippen molar-refractivity contribution >= 4 is 0 Å². The first-order chi connectivity index (χ1) is 11.4. The lowest BCUT2D eigenvalue weighted by molar-refractivity contribution is 0.241. The van der Waals surface area contributed by atoms with Crippen LogP contribution in [-0.2, 0) is 0 Å². The summed E-state index contributed by atoms with van der Waals surface area (Å²) < 4.78 is 0. The van der Waals surface area contributed by atoms with Crippen LogP contribution in [-0.4, -0.2) is 87.9 Å². The molecule has 7 heteroatoms. The van der Waals surface area contributed by atoms with Gasteiger partial charge in [-0.15, -0.1) is 0 Å². The molecule has 1 saturated heterocycles. The average molecular weight is 332 g/mol. The fraction of sp³-hybridized carbons (Fsp3) is 1.00. The summed E-state index contributed by atoms with van der Waals surface area (Å²) in [5.41, 5.74) is 0. The predicted molar refractivity (Wildman–Crippen MR) is 94.8 cm³/mol. The van der Waals surface area contributed by atoms with E-state index in [9.17, 15) is 0 Å². The number of nitrogens with one attached hydrogen (secondary N) is 5. The van der Waals surface area contributed by atoms with Crippen molar-refractivity contribution in [2.45, 2.75) is 37.8 Å². The Labute approximate surface area is 141 Å². The Morgan fingerprint density at radius 1 is 0.565 bits per heavy atom. The quantitative estimate of drug-likeness (QED) is 0.309. The molecule has 2 atom stereocenters. The van der Waals surface area contributed by atoms with E-state index >= 15 is 0 Å². The highest BCUT2D eigenvalue weighted by Gasteiger charge is 2.19. The number of hydrogen-bond acceptors (Lipinski definition) is 7. The summed E-state index contributed by atoms with van der Waals surface area (Å²) in [5, 5.41) is 35.8. The van der Waals surface area contributed by atoms with Gasteiger partial charge in [0.1, 0.15) is 0 Å². The fourth-order valence-corrected chi connectivity index (χ4v) is 2.93. The van der Waals surface area contributed by atoms with E-state index in [1.54, 1.807) is 0 Å². The van der Waals surface area contributed by atoms with Gasteiger partial charge in [0.2, 0.25) is 0 Å². The minimum Gasteiger partial charge on any atom is -0.396 e. The van der Waals surface area contributed by atoms with Crippen LogP contribution in [0.2, 0.25) is 0 Å². The zero-order valence-electron chi connectivity index (χ0n) is 14.4. The molecule has 0 bridgehead atoms. The summed E-state index contributed by atoms with van der Waals surface area (Å²) >= 11 is 0. The highest BCUT2D eigenvalue weighted by molar-refractivity contribution is 4.83. The molecule has 0 amide bonds. The van der Waals surface area contributed by atoms with Gasteiger partial charge in [0.15, 0.2) is 0 Å². The Bertz CT molecular complexity index is 235.